The number of carbonyl (C=O) groups excluding carboxylic acids is 3. The Morgan fingerprint density at radius 1 is 0.679 bits per heavy atom. The highest BCUT2D eigenvalue weighted by Gasteiger charge is 2.11. The highest BCUT2D eigenvalue weighted by atomic mass is 35.5. The van der Waals surface area contributed by atoms with Crippen molar-refractivity contribution >= 4 is 40.6 Å². The Morgan fingerprint density at radius 2 is 1.18 bits per heavy atom. The monoisotopic (exact) mass is 392 g/mol. The number of amides is 2. The van der Waals surface area contributed by atoms with Crippen molar-refractivity contribution in [1.29, 1.82) is 0 Å². The van der Waals surface area contributed by atoms with Crippen molar-refractivity contribution < 1.29 is 14.4 Å². The zero-order chi connectivity index (χ0) is 20.1. The quantitative estimate of drug-likeness (QED) is 0.597. The van der Waals surface area contributed by atoms with E-state index in [1.54, 1.807) is 72.8 Å². The van der Waals surface area contributed by atoms with Crippen LogP contribution in [0.1, 0.15) is 38.0 Å². The van der Waals surface area contributed by atoms with Crippen LogP contribution in [0.3, 0.4) is 0 Å². The Kier molecular flexibility index (Phi) is 5.87. The largest absolute Gasteiger partial charge is 0.322 e. The average molecular weight is 393 g/mol. The number of nitrogens with one attached hydrogen (secondary N) is 2. The first-order valence-electron chi connectivity index (χ1n) is 8.52. The summed E-state index contributed by atoms with van der Waals surface area (Å²) in [6, 6.07) is 19.9. The second-order valence-corrected chi connectivity index (χ2v) is 6.51. The van der Waals surface area contributed by atoms with Gasteiger partial charge in [-0.3, -0.25) is 14.4 Å². The molecule has 3 aromatic carbocycles. The van der Waals surface area contributed by atoms with E-state index < -0.39 is 0 Å². The lowest BCUT2D eigenvalue weighted by atomic mass is 10.1. The fourth-order valence-corrected chi connectivity index (χ4v) is 2.70. The fourth-order valence-electron chi connectivity index (χ4n) is 2.52. The molecule has 140 valence electrons. The number of ketones is 1. The molecule has 3 rings (SSSR count). The SMILES string of the molecule is CC(=O)c1ccc(NC(=O)c2ccc(C(=O)Nc3ccccc3Cl)cc2)cc1. The van der Waals surface area contributed by atoms with Gasteiger partial charge in [0, 0.05) is 22.4 Å². The van der Waals surface area contributed by atoms with E-state index in [2.05, 4.69) is 10.6 Å². The summed E-state index contributed by atoms with van der Waals surface area (Å²) in [7, 11) is 0. The summed E-state index contributed by atoms with van der Waals surface area (Å²) in [5.74, 6) is -0.669. The minimum Gasteiger partial charge on any atom is -0.322 e. The molecule has 0 unspecified atom stereocenters. The molecule has 28 heavy (non-hydrogen) atoms. The number of carbonyl (C=O) groups is 3. The first-order chi connectivity index (χ1) is 13.4. The molecule has 5 nitrogen and oxygen atoms in total. The first-order valence-corrected chi connectivity index (χ1v) is 8.90. The van der Waals surface area contributed by atoms with Gasteiger partial charge in [0.1, 0.15) is 0 Å². The van der Waals surface area contributed by atoms with Crippen LogP contribution < -0.4 is 10.6 Å². The number of rotatable bonds is 5. The number of para-hydroxylation sites is 1. The van der Waals surface area contributed by atoms with Gasteiger partial charge in [0.2, 0.25) is 0 Å². The third-order valence-electron chi connectivity index (χ3n) is 4.08. The summed E-state index contributed by atoms with van der Waals surface area (Å²) in [5.41, 5.74) is 2.49. The van der Waals surface area contributed by atoms with Gasteiger partial charge in [-0.2, -0.15) is 0 Å². The van der Waals surface area contributed by atoms with E-state index in [0.717, 1.165) is 0 Å². The lowest BCUT2D eigenvalue weighted by Gasteiger charge is -2.08. The predicted molar refractivity (Wildman–Crippen MR) is 110 cm³/mol. The summed E-state index contributed by atoms with van der Waals surface area (Å²) in [5, 5.41) is 5.93. The van der Waals surface area contributed by atoms with Crippen molar-refractivity contribution in [3.63, 3.8) is 0 Å². The van der Waals surface area contributed by atoms with Crippen molar-refractivity contribution in [3.05, 3.63) is 94.5 Å². The van der Waals surface area contributed by atoms with Crippen molar-refractivity contribution in [2.45, 2.75) is 6.92 Å². The third-order valence-corrected chi connectivity index (χ3v) is 4.41. The van der Waals surface area contributed by atoms with Gasteiger partial charge in [0.15, 0.2) is 5.78 Å². The molecule has 0 saturated heterocycles. The van der Waals surface area contributed by atoms with E-state index in [4.69, 9.17) is 11.6 Å². The lowest BCUT2D eigenvalue weighted by Crippen LogP contribution is -2.14. The Bertz CT molecular complexity index is 1030. The van der Waals surface area contributed by atoms with E-state index in [1.807, 2.05) is 0 Å². The highest BCUT2D eigenvalue weighted by molar-refractivity contribution is 6.33. The van der Waals surface area contributed by atoms with Crippen molar-refractivity contribution in [2.24, 2.45) is 0 Å². The predicted octanol–water partition coefficient (Wildman–Crippen LogP) is 5.05. The second-order valence-electron chi connectivity index (χ2n) is 6.10. The maximum atomic E-state index is 12.4. The summed E-state index contributed by atoms with van der Waals surface area (Å²) < 4.78 is 0. The minimum absolute atomic E-state index is 0.0384. The lowest BCUT2D eigenvalue weighted by molar-refractivity contribution is 0.101. The van der Waals surface area contributed by atoms with E-state index in [9.17, 15) is 14.4 Å². The maximum Gasteiger partial charge on any atom is 0.255 e. The van der Waals surface area contributed by atoms with E-state index in [1.165, 1.54) is 6.92 Å². The number of benzene rings is 3. The molecule has 0 aliphatic carbocycles. The molecule has 2 N–H and O–H groups in total. The number of Topliss-reactive ketones (excluding diaryl/α,β-unsaturated/α-hetero) is 1. The van der Waals surface area contributed by atoms with Crippen LogP contribution in [0.4, 0.5) is 11.4 Å². The molecular weight excluding hydrogens is 376 g/mol. The van der Waals surface area contributed by atoms with Gasteiger partial charge in [0.05, 0.1) is 10.7 Å². The normalized spacial score (nSPS) is 10.2. The van der Waals surface area contributed by atoms with Crippen LogP contribution in [0.15, 0.2) is 72.8 Å². The Morgan fingerprint density at radius 3 is 1.71 bits per heavy atom. The van der Waals surface area contributed by atoms with Crippen LogP contribution in [-0.4, -0.2) is 17.6 Å². The summed E-state index contributed by atoms with van der Waals surface area (Å²) in [4.78, 5) is 36.0. The van der Waals surface area contributed by atoms with Crippen molar-refractivity contribution in [1.82, 2.24) is 0 Å². The average Bonchev–Trinajstić information content (AvgIpc) is 2.70. The van der Waals surface area contributed by atoms with Crippen LogP contribution in [0.25, 0.3) is 0 Å². The molecular formula is C22H17ClN2O3. The topological polar surface area (TPSA) is 75.3 Å². The number of hydrogen-bond acceptors (Lipinski definition) is 3. The Labute approximate surface area is 167 Å². The zero-order valence-electron chi connectivity index (χ0n) is 15.0. The fraction of sp³-hybridized carbons (Fsp3) is 0.0455. The smallest absolute Gasteiger partial charge is 0.255 e. The standard InChI is InChI=1S/C22H17ClN2O3/c1-14(26)15-10-12-18(13-11-15)24-21(27)16-6-8-17(9-7-16)22(28)25-20-5-3-2-4-19(20)23/h2-13H,1H3,(H,24,27)(H,25,28). The highest BCUT2D eigenvalue weighted by Crippen LogP contribution is 2.21. The molecule has 0 aliphatic rings. The van der Waals surface area contributed by atoms with Gasteiger partial charge in [-0.25, -0.2) is 0 Å². The van der Waals surface area contributed by atoms with Gasteiger partial charge in [0.25, 0.3) is 11.8 Å². The van der Waals surface area contributed by atoms with Gasteiger partial charge < -0.3 is 10.6 Å². The third kappa shape index (κ3) is 4.64. The molecule has 0 aromatic heterocycles. The maximum absolute atomic E-state index is 12.4. The van der Waals surface area contributed by atoms with E-state index >= 15 is 0 Å². The Hall–Kier alpha value is -3.44. The van der Waals surface area contributed by atoms with Gasteiger partial charge in [-0.15, -0.1) is 0 Å². The number of anilines is 2. The molecule has 0 atom stereocenters. The molecule has 0 aliphatic heterocycles. The van der Waals surface area contributed by atoms with Crippen LogP contribution in [0, 0.1) is 0 Å². The molecule has 6 heteroatoms. The number of hydrogen-bond donors (Lipinski definition) is 2. The molecule has 0 spiro atoms. The van der Waals surface area contributed by atoms with Crippen LogP contribution in [0.5, 0.6) is 0 Å². The summed E-state index contributed by atoms with van der Waals surface area (Å²) in [6.07, 6.45) is 0. The minimum atomic E-state index is -0.320. The molecule has 0 bridgehead atoms. The van der Waals surface area contributed by atoms with Crippen molar-refractivity contribution in [3.8, 4) is 0 Å². The number of halogens is 1. The van der Waals surface area contributed by atoms with Gasteiger partial charge in [-0.05, 0) is 67.6 Å². The first kappa shape index (κ1) is 19.3. The molecule has 0 fully saturated rings. The van der Waals surface area contributed by atoms with Gasteiger partial charge >= 0.3 is 0 Å². The summed E-state index contributed by atoms with van der Waals surface area (Å²) >= 11 is 6.04. The zero-order valence-corrected chi connectivity index (χ0v) is 15.8. The van der Waals surface area contributed by atoms with Crippen LogP contribution in [-0.2, 0) is 0 Å². The summed E-state index contributed by atoms with van der Waals surface area (Å²) in [6.45, 7) is 1.48. The second kappa shape index (κ2) is 8.50. The molecule has 2 amide bonds. The van der Waals surface area contributed by atoms with Gasteiger partial charge in [-0.1, -0.05) is 23.7 Å². The molecule has 0 radical (unpaired) electrons. The van der Waals surface area contributed by atoms with E-state index in [0.29, 0.717) is 33.1 Å². The van der Waals surface area contributed by atoms with Crippen LogP contribution >= 0.6 is 11.6 Å². The van der Waals surface area contributed by atoms with Crippen LogP contribution in [0.2, 0.25) is 5.02 Å². The Balaban J connectivity index is 1.66. The molecule has 0 heterocycles. The molecule has 3 aromatic rings. The van der Waals surface area contributed by atoms with Crippen molar-refractivity contribution in [2.75, 3.05) is 10.6 Å². The van der Waals surface area contributed by atoms with E-state index in [-0.39, 0.29) is 17.6 Å². The molecule has 0 saturated carbocycles.